The normalized spacial score (nSPS) is 23.3. The number of phenolic OH excluding ortho intramolecular Hbond substituents is 1. The van der Waals surface area contributed by atoms with Gasteiger partial charge in [-0.3, -0.25) is 4.79 Å². The third-order valence-corrected chi connectivity index (χ3v) is 10.6. The van der Waals surface area contributed by atoms with E-state index < -0.39 is 9.04 Å². The van der Waals surface area contributed by atoms with Crippen LogP contribution >= 0.6 is 11.3 Å². The summed E-state index contributed by atoms with van der Waals surface area (Å²) in [4.78, 5) is 17.9. The van der Waals surface area contributed by atoms with E-state index in [4.69, 9.17) is 14.1 Å². The minimum absolute atomic E-state index is 0.0341. The molecular weight excluding hydrogens is 549 g/mol. The second kappa shape index (κ2) is 11.1. The third kappa shape index (κ3) is 5.91. The van der Waals surface area contributed by atoms with Gasteiger partial charge in [0.05, 0.1) is 11.2 Å². The monoisotopic (exact) mass is 590 g/mol. The standard InChI is InChI=1S/C33H42N2O4SSi/c1-33(2,3)24-17-26(39-41(4)5)29-27(18-24)40-32(35-29)31(37)34-9-10-38-30(21-7-6-8-25(36)16-21)28-22-12-19-11-20(14-22)15-23(28)13-19/h6-8,16-20,22-23,36,41H,9-15H2,1-5H3,(H,34,37). The molecule has 2 aromatic carbocycles. The molecule has 4 fully saturated rings. The molecule has 4 saturated carbocycles. The summed E-state index contributed by atoms with van der Waals surface area (Å²) in [6.45, 7) is 11.6. The molecule has 1 aromatic heterocycles. The van der Waals surface area contributed by atoms with Crippen molar-refractivity contribution in [3.05, 3.63) is 58.1 Å². The van der Waals surface area contributed by atoms with Gasteiger partial charge in [0.15, 0.2) is 5.01 Å². The Morgan fingerprint density at radius 1 is 1.07 bits per heavy atom. The van der Waals surface area contributed by atoms with E-state index in [1.54, 1.807) is 12.1 Å². The average Bonchev–Trinajstić information content (AvgIpc) is 3.33. The Morgan fingerprint density at radius 2 is 1.78 bits per heavy atom. The van der Waals surface area contributed by atoms with Crippen LogP contribution in [0.25, 0.3) is 16.0 Å². The van der Waals surface area contributed by atoms with E-state index >= 15 is 0 Å². The lowest BCUT2D eigenvalue weighted by Gasteiger charge is -2.51. The number of aromatic hydroxyl groups is 1. The van der Waals surface area contributed by atoms with E-state index in [0.29, 0.717) is 30.0 Å². The zero-order valence-corrected chi connectivity index (χ0v) is 26.8. The molecule has 4 aliphatic rings. The number of phenols is 1. The first-order chi connectivity index (χ1) is 19.5. The summed E-state index contributed by atoms with van der Waals surface area (Å²) >= 11 is 1.41. The second-order valence-corrected chi connectivity index (χ2v) is 16.9. The molecule has 1 heterocycles. The van der Waals surface area contributed by atoms with Crippen LogP contribution in [-0.2, 0) is 10.2 Å². The number of benzene rings is 2. The Kier molecular flexibility index (Phi) is 7.66. The van der Waals surface area contributed by atoms with Crippen LogP contribution in [0.5, 0.6) is 11.5 Å². The van der Waals surface area contributed by atoms with Crippen LogP contribution in [0, 0.1) is 23.7 Å². The van der Waals surface area contributed by atoms with Gasteiger partial charge in [-0.15, -0.1) is 11.3 Å². The number of ether oxygens (including phenoxy) is 1. The molecule has 0 atom stereocenters. The Hall–Kier alpha value is -2.84. The van der Waals surface area contributed by atoms with Gasteiger partial charge >= 0.3 is 0 Å². The molecule has 2 N–H and O–H groups in total. The lowest BCUT2D eigenvalue weighted by Crippen LogP contribution is -2.41. The van der Waals surface area contributed by atoms with E-state index in [0.717, 1.165) is 39.1 Å². The van der Waals surface area contributed by atoms with Gasteiger partial charge in [0.2, 0.25) is 9.04 Å². The fraction of sp³-hybridized carbons (Fsp3) is 0.515. The number of nitrogens with zero attached hydrogens (tertiary/aromatic N) is 1. The van der Waals surface area contributed by atoms with Crippen LogP contribution in [0.2, 0.25) is 13.1 Å². The SMILES string of the molecule is C[SiH](C)Oc1cc(C(C)(C)C)cc2sc(C(=O)NCCOC(=C3C4CC5CC(C4)CC3C5)c3cccc(O)c3)nc12. The number of carbonyl (C=O) groups excluding carboxylic acids is 1. The number of thiazole rings is 1. The maximum atomic E-state index is 13.2. The molecule has 0 unspecified atom stereocenters. The predicted octanol–water partition coefficient (Wildman–Crippen LogP) is 7.28. The van der Waals surface area contributed by atoms with Gasteiger partial charge in [-0.2, -0.15) is 0 Å². The van der Waals surface area contributed by atoms with Gasteiger partial charge < -0.3 is 19.6 Å². The van der Waals surface area contributed by atoms with Gasteiger partial charge in [-0.05, 0) is 110 Å². The molecule has 3 aromatic rings. The Balaban J connectivity index is 1.18. The average molecular weight is 591 g/mol. The molecule has 6 nitrogen and oxygen atoms in total. The van der Waals surface area contributed by atoms with Gasteiger partial charge in [0.1, 0.15) is 29.4 Å². The van der Waals surface area contributed by atoms with Crippen molar-refractivity contribution >= 4 is 42.3 Å². The van der Waals surface area contributed by atoms with E-state index in [9.17, 15) is 9.90 Å². The highest BCUT2D eigenvalue weighted by Crippen LogP contribution is 2.58. The van der Waals surface area contributed by atoms with Gasteiger partial charge in [-0.25, -0.2) is 4.98 Å². The second-order valence-electron chi connectivity index (χ2n) is 13.5. The zero-order valence-electron chi connectivity index (χ0n) is 24.8. The molecule has 0 radical (unpaired) electrons. The van der Waals surface area contributed by atoms with Crippen molar-refractivity contribution in [2.24, 2.45) is 23.7 Å². The van der Waals surface area contributed by atoms with Gasteiger partial charge in [0.25, 0.3) is 5.91 Å². The number of aromatic nitrogens is 1. The summed E-state index contributed by atoms with van der Waals surface area (Å²) in [6, 6.07) is 11.6. The summed E-state index contributed by atoms with van der Waals surface area (Å²) < 4.78 is 13.7. The molecule has 7 rings (SSSR count). The number of fused-ring (bicyclic) bond motifs is 1. The highest BCUT2D eigenvalue weighted by Gasteiger charge is 2.46. The van der Waals surface area contributed by atoms with Crippen molar-refractivity contribution < 1.29 is 19.1 Å². The molecule has 1 amide bonds. The van der Waals surface area contributed by atoms with Crippen molar-refractivity contribution in [2.75, 3.05) is 13.2 Å². The van der Waals surface area contributed by atoms with Crippen LogP contribution in [0.1, 0.15) is 73.8 Å². The summed E-state index contributed by atoms with van der Waals surface area (Å²) in [6.07, 6.45) is 6.41. The summed E-state index contributed by atoms with van der Waals surface area (Å²) in [5, 5.41) is 13.7. The Bertz CT molecular complexity index is 1460. The maximum absolute atomic E-state index is 13.2. The molecule has 4 aliphatic carbocycles. The zero-order chi connectivity index (χ0) is 28.9. The number of rotatable bonds is 8. The fourth-order valence-electron chi connectivity index (χ4n) is 7.31. The molecule has 4 bridgehead atoms. The Morgan fingerprint density at radius 3 is 2.41 bits per heavy atom. The summed E-state index contributed by atoms with van der Waals surface area (Å²) in [5.41, 5.74) is 4.28. The minimum Gasteiger partial charge on any atom is -0.545 e. The molecule has 0 aliphatic heterocycles. The van der Waals surface area contributed by atoms with Crippen LogP contribution in [0.4, 0.5) is 0 Å². The molecule has 41 heavy (non-hydrogen) atoms. The van der Waals surface area contributed by atoms with Crippen molar-refractivity contribution in [1.82, 2.24) is 10.3 Å². The fourth-order valence-corrected chi connectivity index (χ4v) is 8.94. The number of amides is 1. The number of carbonyl (C=O) groups is 1. The predicted molar refractivity (Wildman–Crippen MR) is 168 cm³/mol. The van der Waals surface area contributed by atoms with Crippen LogP contribution in [-0.4, -0.2) is 38.2 Å². The molecule has 8 heteroatoms. The van der Waals surface area contributed by atoms with Crippen molar-refractivity contribution in [3.63, 3.8) is 0 Å². The first-order valence-corrected chi connectivity index (χ1v) is 18.7. The van der Waals surface area contributed by atoms with E-state index in [1.165, 1.54) is 54.6 Å². The number of allylic oxidation sites excluding steroid dienone is 1. The quantitative estimate of drug-likeness (QED) is 0.164. The van der Waals surface area contributed by atoms with Gasteiger partial charge in [-0.1, -0.05) is 32.9 Å². The van der Waals surface area contributed by atoms with Crippen LogP contribution in [0.15, 0.2) is 42.0 Å². The number of hydrogen-bond acceptors (Lipinski definition) is 6. The first kappa shape index (κ1) is 28.3. The molecule has 0 saturated heterocycles. The van der Waals surface area contributed by atoms with E-state index in [-0.39, 0.29) is 17.1 Å². The lowest BCUT2D eigenvalue weighted by atomic mass is 9.54. The topological polar surface area (TPSA) is 80.7 Å². The van der Waals surface area contributed by atoms with Crippen LogP contribution < -0.4 is 9.74 Å². The smallest absolute Gasteiger partial charge is 0.280 e. The highest BCUT2D eigenvalue weighted by molar-refractivity contribution is 7.20. The molecule has 218 valence electrons. The first-order valence-electron chi connectivity index (χ1n) is 15.1. The Labute approximate surface area is 248 Å². The summed E-state index contributed by atoms with van der Waals surface area (Å²) in [5.74, 6) is 4.61. The van der Waals surface area contributed by atoms with Crippen molar-refractivity contribution in [3.8, 4) is 11.5 Å². The van der Waals surface area contributed by atoms with Crippen molar-refractivity contribution in [1.29, 1.82) is 0 Å². The van der Waals surface area contributed by atoms with E-state index in [2.05, 4.69) is 51.3 Å². The van der Waals surface area contributed by atoms with Crippen molar-refractivity contribution in [2.45, 2.75) is 71.4 Å². The van der Waals surface area contributed by atoms with E-state index in [1.807, 2.05) is 12.1 Å². The third-order valence-electron chi connectivity index (χ3n) is 8.91. The minimum atomic E-state index is -1.35. The van der Waals surface area contributed by atoms with Gasteiger partial charge in [0, 0.05) is 5.56 Å². The molecular formula is C33H42N2O4SSi. The molecule has 0 spiro atoms. The lowest BCUT2D eigenvalue weighted by molar-refractivity contribution is 0.0665. The summed E-state index contributed by atoms with van der Waals surface area (Å²) in [7, 11) is -1.35. The maximum Gasteiger partial charge on any atom is 0.280 e. The number of nitrogens with one attached hydrogen (secondary N) is 1. The largest absolute Gasteiger partial charge is 0.545 e. The number of hydrogen-bond donors (Lipinski definition) is 2. The van der Waals surface area contributed by atoms with Crippen LogP contribution in [0.3, 0.4) is 0 Å². The highest BCUT2D eigenvalue weighted by atomic mass is 32.1.